The van der Waals surface area contributed by atoms with Crippen LogP contribution in [0.2, 0.25) is 0 Å². The second-order valence-corrected chi connectivity index (χ2v) is 5.33. The predicted octanol–water partition coefficient (Wildman–Crippen LogP) is -0.00150. The standard InChI is InChI=1S/C11H25O4P.Na/c1-2-3-4-5-6-7-8-9-10-11-15-16(12,13)14;/h2-11H2,1H3,(H2,12,13,14);/q;+1/p-1. The molecular weight excluding hydrogens is 250 g/mol. The Kier molecular flexibility index (Phi) is 16.3. The molecule has 0 saturated heterocycles. The summed E-state index contributed by atoms with van der Waals surface area (Å²) in [6.07, 6.45) is 10.5. The third-order valence-corrected chi connectivity index (χ3v) is 3.01. The summed E-state index contributed by atoms with van der Waals surface area (Å²) in [5.74, 6) is 0. The number of phosphoric acid groups is 1. The molecule has 0 aliphatic rings. The molecule has 1 atom stereocenters. The first-order chi connectivity index (χ1) is 7.56. The van der Waals surface area contributed by atoms with Gasteiger partial charge in [-0.15, -0.1) is 0 Å². The molecule has 0 rings (SSSR count). The fraction of sp³-hybridized carbons (Fsp3) is 1.00. The molecule has 0 fully saturated rings. The van der Waals surface area contributed by atoms with E-state index in [1.807, 2.05) is 0 Å². The first-order valence-corrected chi connectivity index (χ1v) is 7.74. The van der Waals surface area contributed by atoms with E-state index in [4.69, 9.17) is 4.89 Å². The predicted molar refractivity (Wildman–Crippen MR) is 63.0 cm³/mol. The van der Waals surface area contributed by atoms with Gasteiger partial charge in [-0.25, -0.2) is 0 Å². The maximum absolute atomic E-state index is 10.2. The fourth-order valence-electron chi connectivity index (χ4n) is 1.59. The van der Waals surface area contributed by atoms with E-state index >= 15 is 0 Å². The van der Waals surface area contributed by atoms with Crippen molar-refractivity contribution < 1.29 is 48.4 Å². The van der Waals surface area contributed by atoms with Gasteiger partial charge in [0.15, 0.2) is 0 Å². The Morgan fingerprint density at radius 3 is 1.82 bits per heavy atom. The minimum Gasteiger partial charge on any atom is -0.756 e. The summed E-state index contributed by atoms with van der Waals surface area (Å²) in [6.45, 7) is 2.31. The van der Waals surface area contributed by atoms with Crippen molar-refractivity contribution >= 4 is 7.82 Å². The van der Waals surface area contributed by atoms with Gasteiger partial charge in [0.05, 0.1) is 6.61 Å². The number of rotatable bonds is 11. The van der Waals surface area contributed by atoms with Gasteiger partial charge in [0, 0.05) is 0 Å². The van der Waals surface area contributed by atoms with Crippen molar-refractivity contribution in [2.75, 3.05) is 6.61 Å². The van der Waals surface area contributed by atoms with Crippen LogP contribution in [0.4, 0.5) is 0 Å². The van der Waals surface area contributed by atoms with Gasteiger partial charge >= 0.3 is 29.6 Å². The second-order valence-electron chi connectivity index (χ2n) is 4.13. The summed E-state index contributed by atoms with van der Waals surface area (Å²) in [5, 5.41) is 0. The molecule has 0 radical (unpaired) electrons. The molecular formula is C11H24NaO4P. The first kappa shape index (κ1) is 20.4. The molecule has 0 bridgehead atoms. The third-order valence-electron chi connectivity index (χ3n) is 2.50. The van der Waals surface area contributed by atoms with Crippen LogP contribution < -0.4 is 34.5 Å². The van der Waals surface area contributed by atoms with Gasteiger partial charge < -0.3 is 14.3 Å². The molecule has 0 saturated carbocycles. The summed E-state index contributed by atoms with van der Waals surface area (Å²) in [6, 6.07) is 0. The van der Waals surface area contributed by atoms with Gasteiger partial charge in [-0.2, -0.15) is 0 Å². The maximum Gasteiger partial charge on any atom is 1.00 e. The Balaban J connectivity index is 0. The van der Waals surface area contributed by atoms with E-state index < -0.39 is 7.82 Å². The van der Waals surface area contributed by atoms with Crippen LogP contribution in [-0.2, 0) is 9.09 Å². The minimum atomic E-state index is -4.49. The van der Waals surface area contributed by atoms with E-state index in [2.05, 4.69) is 11.4 Å². The molecule has 1 unspecified atom stereocenters. The van der Waals surface area contributed by atoms with Gasteiger partial charge in [-0.05, 0) is 6.42 Å². The summed E-state index contributed by atoms with van der Waals surface area (Å²) < 4.78 is 14.5. The van der Waals surface area contributed by atoms with Crippen LogP contribution in [-0.4, -0.2) is 11.5 Å². The average Bonchev–Trinajstić information content (AvgIpc) is 2.19. The van der Waals surface area contributed by atoms with Crippen LogP contribution >= 0.6 is 7.82 Å². The SMILES string of the molecule is CCCCCCCCCCCOP(=O)([O-])O.[Na+]. The molecule has 0 amide bonds. The van der Waals surface area contributed by atoms with Gasteiger partial charge in [-0.1, -0.05) is 58.3 Å². The van der Waals surface area contributed by atoms with Gasteiger partial charge in [-0.3, -0.25) is 4.57 Å². The molecule has 0 aliphatic heterocycles. The normalized spacial score (nSPS) is 14.1. The number of unbranched alkanes of at least 4 members (excludes halogenated alkanes) is 8. The molecule has 0 spiro atoms. The topological polar surface area (TPSA) is 69.6 Å². The van der Waals surface area contributed by atoms with Crippen molar-refractivity contribution in [3.63, 3.8) is 0 Å². The molecule has 6 heteroatoms. The zero-order chi connectivity index (χ0) is 12.3. The largest absolute Gasteiger partial charge is 1.00 e. The second kappa shape index (κ2) is 13.5. The first-order valence-electron chi connectivity index (χ1n) is 6.24. The van der Waals surface area contributed by atoms with E-state index in [0.717, 1.165) is 12.8 Å². The van der Waals surface area contributed by atoms with Crippen LogP contribution in [0.3, 0.4) is 0 Å². The molecule has 0 heterocycles. The molecule has 1 N–H and O–H groups in total. The van der Waals surface area contributed by atoms with E-state index in [1.165, 1.54) is 38.5 Å². The monoisotopic (exact) mass is 274 g/mol. The van der Waals surface area contributed by atoms with Gasteiger partial charge in [0.25, 0.3) is 7.82 Å². The zero-order valence-corrected chi connectivity index (χ0v) is 14.1. The van der Waals surface area contributed by atoms with Crippen LogP contribution in [0.25, 0.3) is 0 Å². The molecule has 0 aromatic heterocycles. The summed E-state index contributed by atoms with van der Waals surface area (Å²) in [4.78, 5) is 18.5. The number of phosphoric ester groups is 1. The van der Waals surface area contributed by atoms with Crippen LogP contribution in [0.1, 0.15) is 64.7 Å². The summed E-state index contributed by atoms with van der Waals surface area (Å²) >= 11 is 0. The molecule has 17 heavy (non-hydrogen) atoms. The van der Waals surface area contributed by atoms with Crippen molar-refractivity contribution in [2.45, 2.75) is 64.7 Å². The molecule has 0 aromatic rings. The third kappa shape index (κ3) is 19.6. The number of hydrogen-bond donors (Lipinski definition) is 1. The quantitative estimate of drug-likeness (QED) is 0.327. The molecule has 98 valence electrons. The Bertz CT molecular complexity index is 196. The van der Waals surface area contributed by atoms with Crippen LogP contribution in [0.5, 0.6) is 0 Å². The summed E-state index contributed by atoms with van der Waals surface area (Å²) in [5.41, 5.74) is 0. The van der Waals surface area contributed by atoms with Crippen molar-refractivity contribution in [1.82, 2.24) is 0 Å². The zero-order valence-electron chi connectivity index (χ0n) is 11.2. The van der Waals surface area contributed by atoms with Crippen LogP contribution in [0, 0.1) is 0 Å². The van der Waals surface area contributed by atoms with Crippen LogP contribution in [0.15, 0.2) is 0 Å². The van der Waals surface area contributed by atoms with E-state index in [9.17, 15) is 9.46 Å². The average molecular weight is 274 g/mol. The smallest absolute Gasteiger partial charge is 0.756 e. The Morgan fingerprint density at radius 2 is 1.41 bits per heavy atom. The fourth-order valence-corrected chi connectivity index (χ4v) is 1.95. The van der Waals surface area contributed by atoms with Crippen molar-refractivity contribution in [3.05, 3.63) is 0 Å². The Morgan fingerprint density at radius 1 is 1.00 bits per heavy atom. The van der Waals surface area contributed by atoms with Gasteiger partial charge in [0.2, 0.25) is 0 Å². The molecule has 4 nitrogen and oxygen atoms in total. The Hall–Kier alpha value is 1.11. The van der Waals surface area contributed by atoms with E-state index in [1.54, 1.807) is 0 Å². The van der Waals surface area contributed by atoms with E-state index in [-0.39, 0.29) is 36.2 Å². The molecule has 0 aliphatic carbocycles. The maximum atomic E-state index is 10.2. The van der Waals surface area contributed by atoms with Crippen molar-refractivity contribution in [2.24, 2.45) is 0 Å². The number of hydrogen-bond acceptors (Lipinski definition) is 3. The Labute approximate surface area is 127 Å². The van der Waals surface area contributed by atoms with Gasteiger partial charge in [0.1, 0.15) is 0 Å². The van der Waals surface area contributed by atoms with E-state index in [0.29, 0.717) is 6.42 Å². The molecule has 0 aromatic carbocycles. The summed E-state index contributed by atoms with van der Waals surface area (Å²) in [7, 11) is -4.49. The van der Waals surface area contributed by atoms with Crippen molar-refractivity contribution in [3.8, 4) is 0 Å². The van der Waals surface area contributed by atoms with Crippen molar-refractivity contribution in [1.29, 1.82) is 0 Å². The minimum absolute atomic E-state index is 0.